The molecule has 0 amide bonds. The van der Waals surface area contributed by atoms with Gasteiger partial charge < -0.3 is 10.1 Å². The molecule has 0 saturated carbocycles. The lowest BCUT2D eigenvalue weighted by molar-refractivity contribution is 0.00578. The molecule has 1 rings (SSSR count). The molecular weight excluding hydrogens is 126 g/mol. The van der Waals surface area contributed by atoms with E-state index in [1.807, 2.05) is 0 Å². The lowest BCUT2D eigenvalue weighted by Gasteiger charge is -2.30. The Kier molecular flexibility index (Phi) is 3.16. The number of hydrogen-bond donors (Lipinski definition) is 1. The quantitative estimate of drug-likeness (QED) is 0.626. The molecule has 0 aromatic heterocycles. The summed E-state index contributed by atoms with van der Waals surface area (Å²) in [6.07, 6.45) is 2.89. The van der Waals surface area contributed by atoms with Crippen LogP contribution in [0.5, 0.6) is 0 Å². The number of nitrogens with one attached hydrogen (secondary N) is 1. The number of morpholine rings is 1. The fourth-order valence-corrected chi connectivity index (χ4v) is 1.42. The number of hydrogen-bond acceptors (Lipinski definition) is 2. The minimum Gasteiger partial charge on any atom is -0.376 e. The Hall–Kier alpha value is -0.0800. The molecule has 0 radical (unpaired) electrons. The molecule has 1 N–H and O–H groups in total. The molecule has 0 aliphatic carbocycles. The van der Waals surface area contributed by atoms with Crippen LogP contribution >= 0.6 is 0 Å². The van der Waals surface area contributed by atoms with Crippen molar-refractivity contribution >= 4 is 0 Å². The summed E-state index contributed by atoms with van der Waals surface area (Å²) in [5, 5.41) is 3.44. The smallest absolute Gasteiger partial charge is 0.0700 e. The number of ether oxygens (including phenoxy) is 1. The zero-order chi connectivity index (χ0) is 7.40. The second kappa shape index (κ2) is 3.94. The van der Waals surface area contributed by atoms with Crippen molar-refractivity contribution in [2.75, 3.05) is 13.2 Å². The van der Waals surface area contributed by atoms with Crippen molar-refractivity contribution in [3.8, 4) is 0 Å². The van der Waals surface area contributed by atoms with Gasteiger partial charge in [0.2, 0.25) is 0 Å². The summed E-state index contributed by atoms with van der Waals surface area (Å²) in [7, 11) is 0. The highest BCUT2D eigenvalue weighted by Crippen LogP contribution is 2.08. The van der Waals surface area contributed by atoms with Gasteiger partial charge in [-0.3, -0.25) is 0 Å². The lowest BCUT2D eigenvalue weighted by atomic mass is 10.1. The second-order valence-electron chi connectivity index (χ2n) is 2.93. The molecule has 0 aromatic carbocycles. The Labute approximate surface area is 63.0 Å². The van der Waals surface area contributed by atoms with Crippen LogP contribution < -0.4 is 5.32 Å². The van der Waals surface area contributed by atoms with Gasteiger partial charge in [-0.1, -0.05) is 13.3 Å². The average Bonchev–Trinajstić information content (AvgIpc) is 1.94. The normalized spacial score (nSPS) is 34.2. The van der Waals surface area contributed by atoms with Crippen LogP contribution in [0.4, 0.5) is 0 Å². The summed E-state index contributed by atoms with van der Waals surface area (Å²) in [6, 6.07) is 0.596. The third-order valence-corrected chi connectivity index (χ3v) is 2.06. The molecule has 1 aliphatic heterocycles. The van der Waals surface area contributed by atoms with E-state index in [1.165, 1.54) is 12.8 Å². The van der Waals surface area contributed by atoms with Crippen LogP contribution in [0, 0.1) is 0 Å². The van der Waals surface area contributed by atoms with E-state index in [4.69, 9.17) is 4.74 Å². The first-order valence-electron chi connectivity index (χ1n) is 4.19. The molecule has 2 heteroatoms. The van der Waals surface area contributed by atoms with E-state index < -0.39 is 0 Å². The first kappa shape index (κ1) is 8.02. The Morgan fingerprint density at radius 2 is 2.40 bits per heavy atom. The van der Waals surface area contributed by atoms with Crippen LogP contribution in [0.2, 0.25) is 0 Å². The standard InChI is InChI=1S/C8H17NO/c1-3-4-8-7(2)10-6-5-9-8/h7-9H,3-6H2,1-2H3. The summed E-state index contributed by atoms with van der Waals surface area (Å²) in [6.45, 7) is 6.26. The highest BCUT2D eigenvalue weighted by Gasteiger charge is 2.19. The summed E-state index contributed by atoms with van der Waals surface area (Å²) in [5.74, 6) is 0. The molecular formula is C8H17NO. The zero-order valence-electron chi connectivity index (χ0n) is 6.89. The molecule has 2 unspecified atom stereocenters. The van der Waals surface area contributed by atoms with Gasteiger partial charge in [0.25, 0.3) is 0 Å². The average molecular weight is 143 g/mol. The van der Waals surface area contributed by atoms with E-state index in [0.717, 1.165) is 13.2 Å². The molecule has 0 spiro atoms. The highest BCUT2D eigenvalue weighted by molar-refractivity contribution is 4.76. The maximum absolute atomic E-state index is 5.48. The maximum atomic E-state index is 5.48. The van der Waals surface area contributed by atoms with E-state index in [0.29, 0.717) is 12.1 Å². The molecule has 1 saturated heterocycles. The fourth-order valence-electron chi connectivity index (χ4n) is 1.42. The molecule has 1 aliphatic rings. The van der Waals surface area contributed by atoms with Crippen LogP contribution in [-0.2, 0) is 4.74 Å². The maximum Gasteiger partial charge on any atom is 0.0700 e. The van der Waals surface area contributed by atoms with Crippen LogP contribution in [0.15, 0.2) is 0 Å². The van der Waals surface area contributed by atoms with E-state index in [9.17, 15) is 0 Å². The third kappa shape index (κ3) is 1.96. The molecule has 60 valence electrons. The van der Waals surface area contributed by atoms with Crippen LogP contribution in [0.25, 0.3) is 0 Å². The van der Waals surface area contributed by atoms with Gasteiger partial charge in [0.05, 0.1) is 12.7 Å². The zero-order valence-corrected chi connectivity index (χ0v) is 6.89. The van der Waals surface area contributed by atoms with Gasteiger partial charge in [0, 0.05) is 12.6 Å². The van der Waals surface area contributed by atoms with Gasteiger partial charge in [-0.2, -0.15) is 0 Å². The van der Waals surface area contributed by atoms with Gasteiger partial charge in [-0.15, -0.1) is 0 Å². The summed E-state index contributed by atoms with van der Waals surface area (Å²) in [4.78, 5) is 0. The van der Waals surface area contributed by atoms with Crippen LogP contribution in [0.1, 0.15) is 26.7 Å². The van der Waals surface area contributed by atoms with E-state index in [-0.39, 0.29) is 0 Å². The molecule has 10 heavy (non-hydrogen) atoms. The molecule has 0 aromatic rings. The Balaban J connectivity index is 2.25. The van der Waals surface area contributed by atoms with E-state index in [1.54, 1.807) is 0 Å². The Morgan fingerprint density at radius 1 is 1.60 bits per heavy atom. The monoisotopic (exact) mass is 143 g/mol. The van der Waals surface area contributed by atoms with Gasteiger partial charge in [-0.25, -0.2) is 0 Å². The molecule has 1 fully saturated rings. The van der Waals surface area contributed by atoms with Gasteiger partial charge >= 0.3 is 0 Å². The highest BCUT2D eigenvalue weighted by atomic mass is 16.5. The minimum absolute atomic E-state index is 0.411. The molecule has 2 nitrogen and oxygen atoms in total. The Morgan fingerprint density at radius 3 is 3.00 bits per heavy atom. The van der Waals surface area contributed by atoms with Crippen molar-refractivity contribution < 1.29 is 4.74 Å². The van der Waals surface area contributed by atoms with Crippen molar-refractivity contribution in [1.82, 2.24) is 5.32 Å². The van der Waals surface area contributed by atoms with Crippen molar-refractivity contribution in [3.05, 3.63) is 0 Å². The van der Waals surface area contributed by atoms with E-state index >= 15 is 0 Å². The minimum atomic E-state index is 0.411. The molecule has 2 atom stereocenters. The Bertz CT molecular complexity index is 93.3. The SMILES string of the molecule is CCCC1NCCOC1C. The van der Waals surface area contributed by atoms with Crippen LogP contribution in [0.3, 0.4) is 0 Å². The predicted octanol–water partition coefficient (Wildman–Crippen LogP) is 1.16. The summed E-state index contributed by atoms with van der Waals surface area (Å²) < 4.78 is 5.48. The van der Waals surface area contributed by atoms with Crippen molar-refractivity contribution in [3.63, 3.8) is 0 Å². The molecule has 0 bridgehead atoms. The van der Waals surface area contributed by atoms with Crippen molar-refractivity contribution in [1.29, 1.82) is 0 Å². The van der Waals surface area contributed by atoms with Crippen molar-refractivity contribution in [2.45, 2.75) is 38.8 Å². The first-order valence-corrected chi connectivity index (χ1v) is 4.19. The number of rotatable bonds is 2. The fraction of sp³-hybridized carbons (Fsp3) is 1.00. The third-order valence-electron chi connectivity index (χ3n) is 2.06. The first-order chi connectivity index (χ1) is 4.84. The molecule has 1 heterocycles. The van der Waals surface area contributed by atoms with Gasteiger partial charge in [0.15, 0.2) is 0 Å². The second-order valence-corrected chi connectivity index (χ2v) is 2.93. The van der Waals surface area contributed by atoms with Crippen molar-refractivity contribution in [2.24, 2.45) is 0 Å². The van der Waals surface area contributed by atoms with Crippen LogP contribution in [-0.4, -0.2) is 25.3 Å². The predicted molar refractivity (Wildman–Crippen MR) is 42.1 cm³/mol. The topological polar surface area (TPSA) is 21.3 Å². The lowest BCUT2D eigenvalue weighted by Crippen LogP contribution is -2.46. The summed E-state index contributed by atoms with van der Waals surface area (Å²) in [5.41, 5.74) is 0. The van der Waals surface area contributed by atoms with Gasteiger partial charge in [-0.05, 0) is 13.3 Å². The van der Waals surface area contributed by atoms with E-state index in [2.05, 4.69) is 19.2 Å². The largest absolute Gasteiger partial charge is 0.376 e. The summed E-state index contributed by atoms with van der Waals surface area (Å²) >= 11 is 0. The van der Waals surface area contributed by atoms with Gasteiger partial charge in [0.1, 0.15) is 0 Å².